The van der Waals surface area contributed by atoms with E-state index in [0.29, 0.717) is 6.04 Å². The summed E-state index contributed by atoms with van der Waals surface area (Å²) in [6, 6.07) is 8.40. The standard InChI is InChI=1S/C10H14N2O/c1-13-10-4-2-3-9(5-10)12-6-8(11)7-12/h2-5,8H,6-7,11H2,1H3. The van der Waals surface area contributed by atoms with Crippen LogP contribution in [0.15, 0.2) is 24.3 Å². The van der Waals surface area contributed by atoms with Crippen LogP contribution in [0.25, 0.3) is 0 Å². The van der Waals surface area contributed by atoms with Gasteiger partial charge in [0.05, 0.1) is 7.11 Å². The molecular formula is C10H14N2O. The maximum atomic E-state index is 5.70. The van der Waals surface area contributed by atoms with Crippen LogP contribution in [0.2, 0.25) is 0 Å². The van der Waals surface area contributed by atoms with Gasteiger partial charge in [-0.2, -0.15) is 0 Å². The van der Waals surface area contributed by atoms with Gasteiger partial charge in [-0.3, -0.25) is 0 Å². The van der Waals surface area contributed by atoms with E-state index in [-0.39, 0.29) is 0 Å². The van der Waals surface area contributed by atoms with Crippen molar-refractivity contribution in [2.75, 3.05) is 25.1 Å². The number of anilines is 1. The lowest BCUT2D eigenvalue weighted by atomic mass is 10.1. The highest BCUT2D eigenvalue weighted by Gasteiger charge is 2.22. The van der Waals surface area contributed by atoms with Gasteiger partial charge in [0.2, 0.25) is 0 Å². The number of nitrogens with two attached hydrogens (primary N) is 1. The average Bonchev–Trinajstić information content (AvgIpc) is 2.13. The fourth-order valence-electron chi connectivity index (χ4n) is 1.53. The van der Waals surface area contributed by atoms with Crippen molar-refractivity contribution >= 4 is 5.69 Å². The van der Waals surface area contributed by atoms with Gasteiger partial charge in [-0.05, 0) is 12.1 Å². The Morgan fingerprint density at radius 2 is 2.23 bits per heavy atom. The summed E-state index contributed by atoms with van der Waals surface area (Å²) in [4.78, 5) is 2.24. The number of ether oxygens (including phenoxy) is 1. The molecule has 3 heteroatoms. The molecule has 1 saturated heterocycles. The Bertz CT molecular complexity index is 295. The highest BCUT2D eigenvalue weighted by molar-refractivity contribution is 5.53. The van der Waals surface area contributed by atoms with Crippen LogP contribution in [0.5, 0.6) is 5.75 Å². The van der Waals surface area contributed by atoms with Gasteiger partial charge >= 0.3 is 0 Å². The molecule has 13 heavy (non-hydrogen) atoms. The van der Waals surface area contributed by atoms with Gasteiger partial charge in [-0.15, -0.1) is 0 Å². The Hall–Kier alpha value is -1.22. The average molecular weight is 178 g/mol. The van der Waals surface area contributed by atoms with Crippen molar-refractivity contribution in [2.45, 2.75) is 6.04 Å². The van der Waals surface area contributed by atoms with Gasteiger partial charge in [-0.1, -0.05) is 6.07 Å². The van der Waals surface area contributed by atoms with Gasteiger partial charge in [0.25, 0.3) is 0 Å². The lowest BCUT2D eigenvalue weighted by Gasteiger charge is -2.38. The van der Waals surface area contributed by atoms with Crippen LogP contribution >= 0.6 is 0 Å². The van der Waals surface area contributed by atoms with Crippen molar-refractivity contribution in [3.8, 4) is 5.75 Å². The minimum absolute atomic E-state index is 0.339. The molecule has 1 aliphatic rings. The summed E-state index contributed by atoms with van der Waals surface area (Å²) in [5.41, 5.74) is 6.90. The molecule has 1 fully saturated rings. The van der Waals surface area contributed by atoms with Crippen molar-refractivity contribution < 1.29 is 4.74 Å². The topological polar surface area (TPSA) is 38.5 Å². The number of rotatable bonds is 2. The second kappa shape index (κ2) is 3.26. The summed E-state index contributed by atoms with van der Waals surface area (Å²) in [7, 11) is 1.68. The number of hydrogen-bond donors (Lipinski definition) is 1. The summed E-state index contributed by atoms with van der Waals surface area (Å²) in [6.07, 6.45) is 0. The Morgan fingerprint density at radius 3 is 2.85 bits per heavy atom. The first-order chi connectivity index (χ1) is 6.29. The molecule has 0 unspecified atom stereocenters. The number of methoxy groups -OCH3 is 1. The molecule has 1 aromatic rings. The Kier molecular flexibility index (Phi) is 2.10. The van der Waals surface area contributed by atoms with Gasteiger partial charge < -0.3 is 15.4 Å². The smallest absolute Gasteiger partial charge is 0.120 e. The quantitative estimate of drug-likeness (QED) is 0.729. The molecule has 1 heterocycles. The predicted octanol–water partition coefficient (Wildman–Crippen LogP) is 0.842. The molecule has 70 valence electrons. The molecule has 1 aromatic carbocycles. The highest BCUT2D eigenvalue weighted by Crippen LogP contribution is 2.24. The molecule has 3 nitrogen and oxygen atoms in total. The van der Waals surface area contributed by atoms with Gasteiger partial charge in [0, 0.05) is 30.9 Å². The molecule has 2 rings (SSSR count). The molecule has 0 amide bonds. The van der Waals surface area contributed by atoms with Crippen molar-refractivity contribution in [3.05, 3.63) is 24.3 Å². The summed E-state index contributed by atoms with van der Waals surface area (Å²) in [5.74, 6) is 0.901. The summed E-state index contributed by atoms with van der Waals surface area (Å²) in [5, 5.41) is 0. The van der Waals surface area contributed by atoms with E-state index in [1.165, 1.54) is 5.69 Å². The van der Waals surface area contributed by atoms with Gasteiger partial charge in [0.15, 0.2) is 0 Å². The first-order valence-corrected chi connectivity index (χ1v) is 4.44. The third kappa shape index (κ3) is 1.60. The zero-order valence-electron chi connectivity index (χ0n) is 7.73. The number of nitrogens with zero attached hydrogens (tertiary/aromatic N) is 1. The molecule has 0 aliphatic carbocycles. The molecule has 0 bridgehead atoms. The Balaban J connectivity index is 2.12. The SMILES string of the molecule is COc1cccc(N2CC(N)C2)c1. The molecule has 0 aromatic heterocycles. The summed E-state index contributed by atoms with van der Waals surface area (Å²) < 4.78 is 5.14. The fourth-order valence-corrected chi connectivity index (χ4v) is 1.53. The zero-order chi connectivity index (χ0) is 9.26. The van der Waals surface area contributed by atoms with Crippen LogP contribution in [0.1, 0.15) is 0 Å². The maximum Gasteiger partial charge on any atom is 0.120 e. The summed E-state index contributed by atoms with van der Waals surface area (Å²) in [6.45, 7) is 1.90. The highest BCUT2D eigenvalue weighted by atomic mass is 16.5. The molecule has 0 radical (unpaired) electrons. The molecule has 0 spiro atoms. The van der Waals surface area contributed by atoms with Crippen molar-refractivity contribution in [1.82, 2.24) is 0 Å². The van der Waals surface area contributed by atoms with E-state index in [2.05, 4.69) is 11.0 Å². The van der Waals surface area contributed by atoms with E-state index in [4.69, 9.17) is 10.5 Å². The van der Waals surface area contributed by atoms with E-state index in [1.54, 1.807) is 7.11 Å². The van der Waals surface area contributed by atoms with E-state index in [9.17, 15) is 0 Å². The van der Waals surface area contributed by atoms with E-state index in [1.807, 2.05) is 18.2 Å². The minimum atomic E-state index is 0.339. The van der Waals surface area contributed by atoms with Crippen LogP contribution in [0.3, 0.4) is 0 Å². The molecule has 1 aliphatic heterocycles. The third-order valence-corrected chi connectivity index (χ3v) is 2.33. The van der Waals surface area contributed by atoms with E-state index >= 15 is 0 Å². The van der Waals surface area contributed by atoms with Gasteiger partial charge in [0.1, 0.15) is 5.75 Å². The van der Waals surface area contributed by atoms with Crippen LogP contribution in [-0.2, 0) is 0 Å². The number of hydrogen-bond acceptors (Lipinski definition) is 3. The lowest BCUT2D eigenvalue weighted by molar-refractivity contribution is 0.414. The second-order valence-corrected chi connectivity index (χ2v) is 3.37. The first-order valence-electron chi connectivity index (χ1n) is 4.44. The fraction of sp³-hybridized carbons (Fsp3) is 0.400. The van der Waals surface area contributed by atoms with Gasteiger partial charge in [-0.25, -0.2) is 0 Å². The van der Waals surface area contributed by atoms with Crippen LogP contribution < -0.4 is 15.4 Å². The van der Waals surface area contributed by atoms with Crippen molar-refractivity contribution in [1.29, 1.82) is 0 Å². The third-order valence-electron chi connectivity index (χ3n) is 2.33. The lowest BCUT2D eigenvalue weighted by Crippen LogP contribution is -2.55. The van der Waals surface area contributed by atoms with Crippen LogP contribution in [0.4, 0.5) is 5.69 Å². The zero-order valence-corrected chi connectivity index (χ0v) is 7.73. The van der Waals surface area contributed by atoms with Crippen molar-refractivity contribution in [3.63, 3.8) is 0 Å². The Morgan fingerprint density at radius 1 is 1.46 bits per heavy atom. The largest absolute Gasteiger partial charge is 0.497 e. The second-order valence-electron chi connectivity index (χ2n) is 3.37. The van der Waals surface area contributed by atoms with Crippen LogP contribution in [-0.4, -0.2) is 26.2 Å². The molecule has 0 atom stereocenters. The monoisotopic (exact) mass is 178 g/mol. The van der Waals surface area contributed by atoms with Crippen LogP contribution in [0, 0.1) is 0 Å². The summed E-state index contributed by atoms with van der Waals surface area (Å²) >= 11 is 0. The maximum absolute atomic E-state index is 5.70. The predicted molar refractivity (Wildman–Crippen MR) is 53.2 cm³/mol. The normalized spacial score (nSPS) is 16.9. The molecule has 2 N–H and O–H groups in total. The Labute approximate surface area is 78.1 Å². The minimum Gasteiger partial charge on any atom is -0.497 e. The van der Waals surface area contributed by atoms with E-state index in [0.717, 1.165) is 18.8 Å². The number of benzene rings is 1. The molecule has 0 saturated carbocycles. The van der Waals surface area contributed by atoms with E-state index < -0.39 is 0 Å². The van der Waals surface area contributed by atoms with Crippen molar-refractivity contribution in [2.24, 2.45) is 5.73 Å². The first kappa shape index (κ1) is 8.38. The molecular weight excluding hydrogens is 164 g/mol.